The van der Waals surface area contributed by atoms with Crippen LogP contribution in [0.25, 0.3) is 0 Å². The molecule has 0 spiro atoms. The molecule has 0 saturated carbocycles. The zero-order valence-electron chi connectivity index (χ0n) is 17.8. The number of thiazole rings is 1. The van der Waals surface area contributed by atoms with Gasteiger partial charge in [-0.1, -0.05) is 12.1 Å². The van der Waals surface area contributed by atoms with Crippen molar-refractivity contribution in [2.45, 2.75) is 39.2 Å². The minimum atomic E-state index is -0.505. The molecular formula is C22H27N5O3S. The maximum absolute atomic E-state index is 12.7. The van der Waals surface area contributed by atoms with Gasteiger partial charge in [0, 0.05) is 43.7 Å². The lowest BCUT2D eigenvalue weighted by Crippen LogP contribution is -2.49. The first-order valence-electron chi connectivity index (χ1n) is 10.5. The van der Waals surface area contributed by atoms with Gasteiger partial charge in [0.15, 0.2) is 5.13 Å². The van der Waals surface area contributed by atoms with E-state index >= 15 is 0 Å². The molecule has 0 radical (unpaired) electrons. The summed E-state index contributed by atoms with van der Waals surface area (Å²) in [6.07, 6.45) is 1.08. The highest BCUT2D eigenvalue weighted by molar-refractivity contribution is 7.13. The van der Waals surface area contributed by atoms with Crippen molar-refractivity contribution in [2.75, 3.05) is 36.4 Å². The van der Waals surface area contributed by atoms with Gasteiger partial charge in [-0.05, 0) is 37.5 Å². The van der Waals surface area contributed by atoms with Crippen molar-refractivity contribution in [3.63, 3.8) is 0 Å². The Balaban J connectivity index is 1.28. The molecule has 9 heteroatoms. The third-order valence-electron chi connectivity index (χ3n) is 5.76. The maximum atomic E-state index is 12.7. The van der Waals surface area contributed by atoms with Crippen molar-refractivity contribution < 1.29 is 14.4 Å². The number of aromatic nitrogens is 1. The molecule has 2 aliphatic rings. The number of piperazine rings is 1. The SMILES string of the molecule is Cc1ccc(C)c(N2CCN(C(=O)Cc3csc(NC(=O)C4CCC(=O)N4)n3)CC2)c1. The maximum Gasteiger partial charge on any atom is 0.248 e. The molecule has 4 rings (SSSR count). The van der Waals surface area contributed by atoms with Crippen LogP contribution in [0.1, 0.15) is 29.7 Å². The van der Waals surface area contributed by atoms with E-state index in [0.717, 1.165) is 13.1 Å². The second-order valence-corrected chi connectivity index (χ2v) is 8.98. The van der Waals surface area contributed by atoms with E-state index in [1.165, 1.54) is 28.2 Å². The number of carbonyl (C=O) groups excluding carboxylic acids is 3. The summed E-state index contributed by atoms with van der Waals surface area (Å²) in [5.74, 6) is -0.323. The van der Waals surface area contributed by atoms with Crippen LogP contribution in [0.3, 0.4) is 0 Å². The van der Waals surface area contributed by atoms with E-state index in [2.05, 4.69) is 52.6 Å². The number of aryl methyl sites for hydroxylation is 2. The number of anilines is 2. The predicted octanol–water partition coefficient (Wildman–Crippen LogP) is 1.87. The first-order valence-corrected chi connectivity index (χ1v) is 11.4. The van der Waals surface area contributed by atoms with Crippen LogP contribution >= 0.6 is 11.3 Å². The van der Waals surface area contributed by atoms with Crippen LogP contribution in [0, 0.1) is 13.8 Å². The fourth-order valence-electron chi connectivity index (χ4n) is 3.97. The van der Waals surface area contributed by atoms with E-state index in [1.807, 2.05) is 4.90 Å². The Labute approximate surface area is 185 Å². The molecule has 1 atom stereocenters. The zero-order chi connectivity index (χ0) is 22.0. The molecule has 3 amide bonds. The van der Waals surface area contributed by atoms with Crippen molar-refractivity contribution in [2.24, 2.45) is 0 Å². The van der Waals surface area contributed by atoms with E-state index in [9.17, 15) is 14.4 Å². The summed E-state index contributed by atoms with van der Waals surface area (Å²) in [4.78, 5) is 44.8. The topological polar surface area (TPSA) is 94.6 Å². The molecule has 2 aromatic rings. The summed E-state index contributed by atoms with van der Waals surface area (Å²) >= 11 is 1.29. The lowest BCUT2D eigenvalue weighted by atomic mass is 10.1. The van der Waals surface area contributed by atoms with Crippen LogP contribution in [0.2, 0.25) is 0 Å². The highest BCUT2D eigenvalue weighted by Gasteiger charge is 2.28. The molecule has 1 aromatic carbocycles. The Kier molecular flexibility index (Phi) is 6.22. The highest BCUT2D eigenvalue weighted by Crippen LogP contribution is 2.23. The molecule has 1 aromatic heterocycles. The molecule has 0 bridgehead atoms. The van der Waals surface area contributed by atoms with Gasteiger partial charge in [0.1, 0.15) is 6.04 Å². The van der Waals surface area contributed by atoms with Crippen molar-refractivity contribution in [3.05, 3.63) is 40.4 Å². The number of hydrogen-bond donors (Lipinski definition) is 2. The van der Waals surface area contributed by atoms with Crippen LogP contribution in [-0.4, -0.2) is 59.8 Å². The largest absolute Gasteiger partial charge is 0.368 e. The van der Waals surface area contributed by atoms with Gasteiger partial charge in [-0.2, -0.15) is 0 Å². The van der Waals surface area contributed by atoms with E-state index in [-0.39, 0.29) is 24.1 Å². The molecule has 2 N–H and O–H groups in total. The third kappa shape index (κ3) is 5.04. The van der Waals surface area contributed by atoms with Crippen molar-refractivity contribution in [1.29, 1.82) is 0 Å². The zero-order valence-corrected chi connectivity index (χ0v) is 18.6. The van der Waals surface area contributed by atoms with E-state index < -0.39 is 6.04 Å². The lowest BCUT2D eigenvalue weighted by molar-refractivity contribution is -0.130. The lowest BCUT2D eigenvalue weighted by Gasteiger charge is -2.37. The number of amides is 3. The third-order valence-corrected chi connectivity index (χ3v) is 6.57. The van der Waals surface area contributed by atoms with Gasteiger partial charge in [-0.15, -0.1) is 11.3 Å². The molecule has 2 saturated heterocycles. The normalized spacial score (nSPS) is 18.8. The number of benzene rings is 1. The van der Waals surface area contributed by atoms with Gasteiger partial charge in [0.25, 0.3) is 0 Å². The standard InChI is InChI=1S/C22H27N5O3S/c1-14-3-4-15(2)18(11-14)26-7-9-27(10-8-26)20(29)12-16-13-31-22(23-16)25-21(30)17-5-6-19(28)24-17/h3-4,11,13,17H,5-10,12H2,1-2H3,(H,24,28)(H,23,25,30). The van der Waals surface area contributed by atoms with Gasteiger partial charge in [0.2, 0.25) is 17.7 Å². The molecule has 2 aliphatic heterocycles. The van der Waals surface area contributed by atoms with Crippen molar-refractivity contribution in [1.82, 2.24) is 15.2 Å². The molecular weight excluding hydrogens is 414 g/mol. The van der Waals surface area contributed by atoms with Crippen molar-refractivity contribution >= 4 is 39.9 Å². The number of nitrogens with one attached hydrogen (secondary N) is 2. The fourth-order valence-corrected chi connectivity index (χ4v) is 4.69. The summed E-state index contributed by atoms with van der Waals surface area (Å²) in [6, 6.07) is 5.96. The van der Waals surface area contributed by atoms with Gasteiger partial charge in [-0.3, -0.25) is 14.4 Å². The highest BCUT2D eigenvalue weighted by atomic mass is 32.1. The van der Waals surface area contributed by atoms with Crippen LogP contribution in [-0.2, 0) is 20.8 Å². The van der Waals surface area contributed by atoms with Gasteiger partial charge >= 0.3 is 0 Å². The Bertz CT molecular complexity index is 997. The molecule has 1 unspecified atom stereocenters. The van der Waals surface area contributed by atoms with Crippen LogP contribution < -0.4 is 15.5 Å². The molecule has 31 heavy (non-hydrogen) atoms. The molecule has 3 heterocycles. The van der Waals surface area contributed by atoms with E-state index in [0.29, 0.717) is 36.8 Å². The Hall–Kier alpha value is -2.94. The summed E-state index contributed by atoms with van der Waals surface area (Å²) in [5, 5.41) is 7.62. The first-order chi connectivity index (χ1) is 14.9. The van der Waals surface area contributed by atoms with Crippen LogP contribution in [0.15, 0.2) is 23.6 Å². The summed E-state index contributed by atoms with van der Waals surface area (Å²) < 4.78 is 0. The summed E-state index contributed by atoms with van der Waals surface area (Å²) in [6.45, 7) is 7.19. The summed E-state index contributed by atoms with van der Waals surface area (Å²) in [5.41, 5.74) is 4.38. The Morgan fingerprint density at radius 1 is 1.23 bits per heavy atom. The molecule has 8 nitrogen and oxygen atoms in total. The second kappa shape index (κ2) is 9.05. The van der Waals surface area contributed by atoms with Gasteiger partial charge in [0.05, 0.1) is 12.1 Å². The monoisotopic (exact) mass is 441 g/mol. The number of nitrogens with zero attached hydrogens (tertiary/aromatic N) is 3. The average molecular weight is 442 g/mol. The minimum Gasteiger partial charge on any atom is -0.368 e. The molecule has 2 fully saturated rings. The molecule has 164 valence electrons. The van der Waals surface area contributed by atoms with Gasteiger partial charge in [-0.25, -0.2) is 4.98 Å². The van der Waals surface area contributed by atoms with E-state index in [4.69, 9.17) is 0 Å². The summed E-state index contributed by atoms with van der Waals surface area (Å²) in [7, 11) is 0. The Morgan fingerprint density at radius 3 is 2.71 bits per heavy atom. The fraction of sp³-hybridized carbons (Fsp3) is 0.455. The van der Waals surface area contributed by atoms with Gasteiger partial charge < -0.3 is 20.4 Å². The quantitative estimate of drug-likeness (QED) is 0.739. The van der Waals surface area contributed by atoms with Crippen LogP contribution in [0.5, 0.6) is 0 Å². The van der Waals surface area contributed by atoms with E-state index in [1.54, 1.807) is 5.38 Å². The Morgan fingerprint density at radius 2 is 2.00 bits per heavy atom. The number of rotatable bonds is 5. The predicted molar refractivity (Wildman–Crippen MR) is 120 cm³/mol. The van der Waals surface area contributed by atoms with Crippen LogP contribution in [0.4, 0.5) is 10.8 Å². The first kappa shape index (κ1) is 21.3. The number of carbonyl (C=O) groups is 3. The average Bonchev–Trinajstić information content (AvgIpc) is 3.38. The van der Waals surface area contributed by atoms with Crippen molar-refractivity contribution in [3.8, 4) is 0 Å². The minimum absolute atomic E-state index is 0.0480. The smallest absolute Gasteiger partial charge is 0.248 e. The second-order valence-electron chi connectivity index (χ2n) is 8.13. The number of hydrogen-bond acceptors (Lipinski definition) is 6. The molecule has 0 aliphatic carbocycles.